The van der Waals surface area contributed by atoms with E-state index in [4.69, 9.17) is 4.74 Å². The van der Waals surface area contributed by atoms with Crippen LogP contribution in [0.3, 0.4) is 0 Å². The van der Waals surface area contributed by atoms with Gasteiger partial charge in [0, 0.05) is 16.8 Å². The van der Waals surface area contributed by atoms with Gasteiger partial charge in [0.2, 0.25) is 10.0 Å². The number of hydrogen-bond acceptors (Lipinski definition) is 5. The average Bonchev–Trinajstić information content (AvgIpc) is 3.12. The molecule has 0 saturated carbocycles. The number of benzene rings is 2. The zero-order valence-electron chi connectivity index (χ0n) is 15.1. The number of ether oxygens (including phenoxy) is 1. The summed E-state index contributed by atoms with van der Waals surface area (Å²) in [5, 5.41) is 0. The number of rotatable bonds is 5. The summed E-state index contributed by atoms with van der Waals surface area (Å²) in [4.78, 5) is 24.4. The molecule has 7 nitrogen and oxygen atoms in total. The first-order valence-corrected chi connectivity index (χ1v) is 9.99. The quantitative estimate of drug-likeness (QED) is 0.616. The Morgan fingerprint density at radius 3 is 2.39 bits per heavy atom. The number of Topliss-reactive ketones (excluding diaryl/α,β-unsaturated/α-hetero) is 1. The molecule has 2 aromatic carbocycles. The molecule has 1 aliphatic rings. The normalized spacial score (nSPS) is 13.6. The van der Waals surface area contributed by atoms with E-state index in [1.54, 1.807) is 24.3 Å². The fourth-order valence-corrected chi connectivity index (χ4v) is 3.51. The smallest absolute Gasteiger partial charge is 0.414 e. The molecule has 144 valence electrons. The molecule has 1 N–H and O–H groups in total. The number of amides is 1. The average molecular weight is 398 g/mol. The molecule has 0 atom stereocenters. The highest BCUT2D eigenvalue weighted by Crippen LogP contribution is 2.18. The minimum absolute atomic E-state index is 0.0585. The highest BCUT2D eigenvalue weighted by molar-refractivity contribution is 7.89. The maximum atomic E-state index is 12.2. The van der Waals surface area contributed by atoms with Crippen LogP contribution in [0.1, 0.15) is 22.8 Å². The van der Waals surface area contributed by atoms with E-state index >= 15 is 0 Å². The molecule has 1 aliphatic heterocycles. The van der Waals surface area contributed by atoms with Gasteiger partial charge in [-0.25, -0.2) is 13.2 Å². The zero-order valence-corrected chi connectivity index (χ0v) is 16.0. The number of ketones is 1. The van der Waals surface area contributed by atoms with Gasteiger partial charge in [0.05, 0.1) is 18.0 Å². The lowest BCUT2D eigenvalue weighted by atomic mass is 10.2. The first-order chi connectivity index (χ1) is 13.4. The molecule has 1 amide bonds. The molecule has 1 heterocycles. The summed E-state index contributed by atoms with van der Waals surface area (Å²) in [6.45, 7) is 2.24. The van der Waals surface area contributed by atoms with Crippen molar-refractivity contribution in [2.75, 3.05) is 24.6 Å². The number of hydrogen-bond donors (Lipinski definition) is 1. The van der Waals surface area contributed by atoms with E-state index in [0.717, 1.165) is 5.69 Å². The highest BCUT2D eigenvalue weighted by Gasteiger charge is 2.23. The van der Waals surface area contributed by atoms with Crippen molar-refractivity contribution < 1.29 is 22.7 Å². The van der Waals surface area contributed by atoms with Crippen LogP contribution in [0.4, 0.5) is 10.5 Å². The van der Waals surface area contributed by atoms with Crippen molar-refractivity contribution in [3.05, 3.63) is 59.7 Å². The maximum absolute atomic E-state index is 12.2. The lowest BCUT2D eigenvalue weighted by molar-refractivity contribution is 0.101. The van der Waals surface area contributed by atoms with Gasteiger partial charge in [-0.2, -0.15) is 4.72 Å². The second-order valence-electron chi connectivity index (χ2n) is 6.02. The van der Waals surface area contributed by atoms with Crippen LogP contribution in [-0.4, -0.2) is 40.0 Å². The van der Waals surface area contributed by atoms with Gasteiger partial charge in [-0.3, -0.25) is 9.69 Å². The third kappa shape index (κ3) is 4.57. The number of nitrogens with one attached hydrogen (secondary N) is 1. The molecule has 2 aromatic rings. The highest BCUT2D eigenvalue weighted by atomic mass is 32.2. The standard InChI is InChI=1S/C20H18N2O5S/c1-15(23)17-6-10-19(11-7-17)28(25,26)21-12-2-3-16-4-8-18(9-5-16)22-13-14-27-20(22)24/h4-11,21H,12-14H2,1H3. The Bertz CT molecular complexity index is 1050. The summed E-state index contributed by atoms with van der Waals surface area (Å²) in [6.07, 6.45) is -0.371. The summed E-state index contributed by atoms with van der Waals surface area (Å²) in [5.74, 6) is 5.49. The number of carbonyl (C=O) groups excluding carboxylic acids is 2. The van der Waals surface area contributed by atoms with Crippen LogP contribution >= 0.6 is 0 Å². The van der Waals surface area contributed by atoms with Crippen molar-refractivity contribution in [1.29, 1.82) is 0 Å². The fourth-order valence-electron chi connectivity index (χ4n) is 2.58. The number of carbonyl (C=O) groups is 2. The van der Waals surface area contributed by atoms with Crippen molar-refractivity contribution >= 4 is 27.6 Å². The van der Waals surface area contributed by atoms with Gasteiger partial charge in [-0.1, -0.05) is 24.0 Å². The second kappa shape index (κ2) is 8.25. The van der Waals surface area contributed by atoms with Crippen LogP contribution in [0.5, 0.6) is 0 Å². The predicted molar refractivity (Wildman–Crippen MR) is 104 cm³/mol. The van der Waals surface area contributed by atoms with Crippen molar-refractivity contribution in [3.63, 3.8) is 0 Å². The van der Waals surface area contributed by atoms with Gasteiger partial charge in [-0.05, 0) is 43.3 Å². The Hall–Kier alpha value is -3.15. The van der Waals surface area contributed by atoms with E-state index in [1.165, 1.54) is 36.1 Å². The van der Waals surface area contributed by atoms with Gasteiger partial charge < -0.3 is 4.74 Å². The molecule has 1 saturated heterocycles. The molecular formula is C20H18N2O5S. The van der Waals surface area contributed by atoms with Crippen LogP contribution in [0, 0.1) is 11.8 Å². The van der Waals surface area contributed by atoms with Gasteiger partial charge in [0.15, 0.2) is 5.78 Å². The van der Waals surface area contributed by atoms with E-state index in [0.29, 0.717) is 24.3 Å². The Kier molecular flexibility index (Phi) is 5.78. The van der Waals surface area contributed by atoms with Crippen LogP contribution in [0.2, 0.25) is 0 Å². The summed E-state index contributed by atoms with van der Waals surface area (Å²) < 4.78 is 31.8. The zero-order chi connectivity index (χ0) is 20.1. The number of anilines is 1. The van der Waals surface area contributed by atoms with Crippen molar-refractivity contribution in [2.45, 2.75) is 11.8 Å². The topological polar surface area (TPSA) is 92.8 Å². The first-order valence-electron chi connectivity index (χ1n) is 8.51. The third-order valence-electron chi connectivity index (χ3n) is 4.09. The van der Waals surface area contributed by atoms with Crippen molar-refractivity contribution in [1.82, 2.24) is 4.72 Å². The van der Waals surface area contributed by atoms with Gasteiger partial charge >= 0.3 is 6.09 Å². The second-order valence-corrected chi connectivity index (χ2v) is 7.79. The van der Waals surface area contributed by atoms with E-state index < -0.39 is 10.0 Å². The van der Waals surface area contributed by atoms with Crippen molar-refractivity contribution in [3.8, 4) is 11.8 Å². The minimum Gasteiger partial charge on any atom is -0.447 e. The summed E-state index contributed by atoms with van der Waals surface area (Å²) >= 11 is 0. The number of nitrogens with zero attached hydrogens (tertiary/aromatic N) is 1. The van der Waals surface area contributed by atoms with E-state index in [-0.39, 0.29) is 23.3 Å². The molecule has 0 aliphatic carbocycles. The van der Waals surface area contributed by atoms with Crippen LogP contribution in [0.25, 0.3) is 0 Å². The number of sulfonamides is 1. The lowest BCUT2D eigenvalue weighted by Crippen LogP contribution is -2.24. The fraction of sp³-hybridized carbons (Fsp3) is 0.200. The number of cyclic esters (lactones) is 1. The van der Waals surface area contributed by atoms with Crippen molar-refractivity contribution in [2.24, 2.45) is 0 Å². The molecule has 8 heteroatoms. The predicted octanol–water partition coefficient (Wildman–Crippen LogP) is 2.18. The molecule has 0 aromatic heterocycles. The lowest BCUT2D eigenvalue weighted by Gasteiger charge is -2.11. The molecule has 0 spiro atoms. The molecule has 0 bridgehead atoms. The largest absolute Gasteiger partial charge is 0.447 e. The Labute approximate surface area is 163 Å². The van der Waals surface area contributed by atoms with E-state index in [2.05, 4.69) is 16.6 Å². The Morgan fingerprint density at radius 1 is 1.14 bits per heavy atom. The van der Waals surface area contributed by atoms with Crippen LogP contribution in [0.15, 0.2) is 53.4 Å². The van der Waals surface area contributed by atoms with Gasteiger partial charge in [0.25, 0.3) is 0 Å². The third-order valence-corrected chi connectivity index (χ3v) is 5.51. The molecule has 28 heavy (non-hydrogen) atoms. The molecule has 1 fully saturated rings. The maximum Gasteiger partial charge on any atom is 0.414 e. The Balaban J connectivity index is 1.59. The van der Waals surface area contributed by atoms with Gasteiger partial charge in [-0.15, -0.1) is 0 Å². The minimum atomic E-state index is -3.70. The summed E-state index contributed by atoms with van der Waals surface area (Å²) in [6, 6.07) is 12.7. The van der Waals surface area contributed by atoms with Gasteiger partial charge in [0.1, 0.15) is 6.61 Å². The summed E-state index contributed by atoms with van der Waals surface area (Å²) in [7, 11) is -3.70. The SMILES string of the molecule is CC(=O)c1ccc(S(=O)(=O)NCC#Cc2ccc(N3CCOC3=O)cc2)cc1. The first kappa shape index (κ1) is 19.6. The van der Waals surface area contributed by atoms with E-state index in [9.17, 15) is 18.0 Å². The van der Waals surface area contributed by atoms with Crippen LogP contribution in [-0.2, 0) is 14.8 Å². The Morgan fingerprint density at radius 2 is 1.82 bits per heavy atom. The molecule has 0 radical (unpaired) electrons. The summed E-state index contributed by atoms with van der Waals surface area (Å²) in [5.41, 5.74) is 1.87. The molecule has 3 rings (SSSR count). The van der Waals surface area contributed by atoms with Crippen LogP contribution < -0.4 is 9.62 Å². The molecule has 0 unspecified atom stereocenters. The monoisotopic (exact) mass is 398 g/mol. The van der Waals surface area contributed by atoms with E-state index in [1.807, 2.05) is 0 Å². The molecular weight excluding hydrogens is 380 g/mol.